The zero-order chi connectivity index (χ0) is 14.5. The van der Waals surface area contributed by atoms with Crippen LogP contribution in [0.15, 0.2) is 28.7 Å². The summed E-state index contributed by atoms with van der Waals surface area (Å²) < 4.78 is 5.53. The van der Waals surface area contributed by atoms with Crippen LogP contribution >= 0.6 is 11.6 Å². The van der Waals surface area contributed by atoms with E-state index in [1.807, 2.05) is 4.90 Å². The second-order valence-electron chi connectivity index (χ2n) is 4.39. The Kier molecular flexibility index (Phi) is 4.70. The fourth-order valence-electron chi connectivity index (χ4n) is 1.62. The van der Waals surface area contributed by atoms with Crippen molar-refractivity contribution in [2.45, 2.75) is 13.0 Å². The molecule has 2 aromatic rings. The van der Waals surface area contributed by atoms with Crippen molar-refractivity contribution < 1.29 is 14.3 Å². The van der Waals surface area contributed by atoms with Crippen molar-refractivity contribution in [1.29, 1.82) is 0 Å². The first-order chi connectivity index (χ1) is 9.54. The molecule has 0 radical (unpaired) electrons. The monoisotopic (exact) mass is 295 g/mol. The molecule has 0 amide bonds. The predicted octanol–water partition coefficient (Wildman–Crippen LogP) is 2.30. The van der Waals surface area contributed by atoms with Gasteiger partial charge in [-0.1, -0.05) is 11.6 Å². The summed E-state index contributed by atoms with van der Waals surface area (Å²) in [6.45, 7) is 0.835. The summed E-state index contributed by atoms with van der Waals surface area (Å²) >= 11 is 5.81. The lowest BCUT2D eigenvalue weighted by atomic mass is 10.2. The molecule has 6 nitrogen and oxygen atoms in total. The number of nitrogens with zero attached hydrogens (tertiary/aromatic N) is 3. The van der Waals surface area contributed by atoms with Crippen LogP contribution in [0.4, 0.5) is 0 Å². The van der Waals surface area contributed by atoms with Gasteiger partial charge < -0.3 is 9.52 Å². The number of benzene rings is 1. The van der Waals surface area contributed by atoms with Gasteiger partial charge in [0.15, 0.2) is 0 Å². The molecule has 0 bridgehead atoms. The molecule has 20 heavy (non-hydrogen) atoms. The topological polar surface area (TPSA) is 79.5 Å². The summed E-state index contributed by atoms with van der Waals surface area (Å²) in [7, 11) is 1.80. The summed E-state index contributed by atoms with van der Waals surface area (Å²) in [4.78, 5) is 12.3. The van der Waals surface area contributed by atoms with Gasteiger partial charge in [-0.05, 0) is 31.3 Å². The number of rotatable bonds is 6. The predicted molar refractivity (Wildman–Crippen MR) is 73.3 cm³/mol. The normalized spacial score (nSPS) is 10.9. The molecule has 0 atom stereocenters. The highest BCUT2D eigenvalue weighted by atomic mass is 35.5. The van der Waals surface area contributed by atoms with E-state index in [0.717, 1.165) is 5.56 Å². The van der Waals surface area contributed by atoms with Gasteiger partial charge in [-0.3, -0.25) is 9.69 Å². The van der Waals surface area contributed by atoms with Gasteiger partial charge in [0.05, 0.1) is 13.0 Å². The van der Waals surface area contributed by atoms with Crippen LogP contribution in [-0.4, -0.2) is 39.8 Å². The molecular weight excluding hydrogens is 282 g/mol. The fraction of sp³-hybridized carbons (Fsp3) is 0.308. The van der Waals surface area contributed by atoms with Crippen LogP contribution in [0, 0.1) is 0 Å². The Balaban J connectivity index is 1.98. The molecule has 7 heteroatoms. The minimum atomic E-state index is -0.829. The second kappa shape index (κ2) is 6.49. The number of carbonyl (C=O) groups is 1. The third-order valence-corrected chi connectivity index (χ3v) is 2.92. The molecule has 106 valence electrons. The van der Waals surface area contributed by atoms with Crippen molar-refractivity contribution >= 4 is 17.6 Å². The van der Waals surface area contributed by atoms with Crippen molar-refractivity contribution in [2.75, 3.05) is 13.6 Å². The number of carboxylic acids is 1. The molecule has 0 aliphatic heterocycles. The van der Waals surface area contributed by atoms with Crippen LogP contribution in [0.2, 0.25) is 5.02 Å². The van der Waals surface area contributed by atoms with Gasteiger partial charge in [-0.25, -0.2) is 0 Å². The van der Waals surface area contributed by atoms with Gasteiger partial charge in [0.1, 0.15) is 0 Å². The molecule has 0 aliphatic carbocycles. The van der Waals surface area contributed by atoms with Crippen molar-refractivity contribution in [3.8, 4) is 11.5 Å². The summed E-state index contributed by atoms with van der Waals surface area (Å²) in [5, 5.41) is 17.2. The van der Waals surface area contributed by atoms with Crippen LogP contribution in [0.5, 0.6) is 0 Å². The summed E-state index contributed by atoms with van der Waals surface area (Å²) in [5.41, 5.74) is 0.793. The van der Waals surface area contributed by atoms with Gasteiger partial charge in [-0.15, -0.1) is 10.2 Å². The minimum Gasteiger partial charge on any atom is -0.481 e. The number of aromatic nitrogens is 2. The smallest absolute Gasteiger partial charge is 0.304 e. The number of hydrogen-bond acceptors (Lipinski definition) is 5. The van der Waals surface area contributed by atoms with E-state index in [1.165, 1.54) is 0 Å². The molecular formula is C13H14ClN3O3. The Morgan fingerprint density at radius 3 is 2.70 bits per heavy atom. The molecule has 0 saturated carbocycles. The third-order valence-electron chi connectivity index (χ3n) is 2.67. The summed E-state index contributed by atoms with van der Waals surface area (Å²) in [6, 6.07) is 7.10. The summed E-state index contributed by atoms with van der Waals surface area (Å²) in [5.74, 6) is 0.0374. The Morgan fingerprint density at radius 2 is 2.05 bits per heavy atom. The number of halogens is 1. The molecule has 2 rings (SSSR count). The molecule has 1 heterocycles. The van der Waals surface area contributed by atoms with Gasteiger partial charge in [0.25, 0.3) is 0 Å². The van der Waals surface area contributed by atoms with E-state index in [9.17, 15) is 4.79 Å². The highest BCUT2D eigenvalue weighted by Crippen LogP contribution is 2.20. The standard InChI is InChI=1S/C13H14ClN3O3/c1-17(7-6-12(18)19)8-11-15-16-13(20-11)9-2-4-10(14)5-3-9/h2-5H,6-8H2,1H3,(H,18,19). The third kappa shape index (κ3) is 4.04. The Hall–Kier alpha value is -1.92. The zero-order valence-corrected chi connectivity index (χ0v) is 11.7. The number of carboxylic acid groups (broad SMARTS) is 1. The van der Waals surface area contributed by atoms with Gasteiger partial charge >= 0.3 is 5.97 Å². The maximum atomic E-state index is 10.5. The lowest BCUT2D eigenvalue weighted by molar-refractivity contribution is -0.137. The van der Waals surface area contributed by atoms with E-state index in [2.05, 4.69) is 10.2 Å². The zero-order valence-electron chi connectivity index (χ0n) is 10.9. The Morgan fingerprint density at radius 1 is 1.35 bits per heavy atom. The van der Waals surface area contributed by atoms with Crippen LogP contribution in [0.25, 0.3) is 11.5 Å². The highest BCUT2D eigenvalue weighted by molar-refractivity contribution is 6.30. The molecule has 1 aromatic heterocycles. The Bertz CT molecular complexity index is 583. The molecule has 0 spiro atoms. The van der Waals surface area contributed by atoms with E-state index in [1.54, 1.807) is 31.3 Å². The maximum absolute atomic E-state index is 10.5. The first kappa shape index (κ1) is 14.5. The Labute approximate surface area is 121 Å². The van der Waals surface area contributed by atoms with Crippen LogP contribution in [0.3, 0.4) is 0 Å². The highest BCUT2D eigenvalue weighted by Gasteiger charge is 2.11. The lowest BCUT2D eigenvalue weighted by Gasteiger charge is -2.11. The largest absolute Gasteiger partial charge is 0.481 e. The average molecular weight is 296 g/mol. The lowest BCUT2D eigenvalue weighted by Crippen LogP contribution is -2.21. The van der Waals surface area contributed by atoms with Crippen LogP contribution < -0.4 is 0 Å². The van der Waals surface area contributed by atoms with E-state index >= 15 is 0 Å². The first-order valence-corrected chi connectivity index (χ1v) is 6.41. The number of aliphatic carboxylic acids is 1. The van der Waals surface area contributed by atoms with Gasteiger partial charge in [0, 0.05) is 17.1 Å². The first-order valence-electron chi connectivity index (χ1n) is 6.03. The fourth-order valence-corrected chi connectivity index (χ4v) is 1.75. The van der Waals surface area contributed by atoms with Crippen molar-refractivity contribution in [3.05, 3.63) is 35.2 Å². The maximum Gasteiger partial charge on any atom is 0.304 e. The molecule has 0 aliphatic rings. The minimum absolute atomic E-state index is 0.0781. The summed E-state index contributed by atoms with van der Waals surface area (Å²) in [6.07, 6.45) is 0.0781. The van der Waals surface area contributed by atoms with Crippen molar-refractivity contribution in [1.82, 2.24) is 15.1 Å². The molecule has 1 aromatic carbocycles. The van der Waals surface area contributed by atoms with Gasteiger partial charge in [-0.2, -0.15) is 0 Å². The molecule has 0 unspecified atom stereocenters. The molecule has 0 saturated heterocycles. The van der Waals surface area contributed by atoms with Gasteiger partial charge in [0.2, 0.25) is 11.8 Å². The number of hydrogen-bond donors (Lipinski definition) is 1. The second-order valence-corrected chi connectivity index (χ2v) is 4.83. The van der Waals surface area contributed by atoms with E-state index in [-0.39, 0.29) is 6.42 Å². The molecule has 1 N–H and O–H groups in total. The van der Waals surface area contributed by atoms with E-state index in [4.69, 9.17) is 21.1 Å². The average Bonchev–Trinajstić information content (AvgIpc) is 2.85. The molecule has 0 fully saturated rings. The van der Waals surface area contributed by atoms with Crippen molar-refractivity contribution in [2.24, 2.45) is 0 Å². The SMILES string of the molecule is CN(CCC(=O)O)Cc1nnc(-c2ccc(Cl)cc2)o1. The van der Waals surface area contributed by atoms with Crippen LogP contribution in [0.1, 0.15) is 12.3 Å². The van der Waals surface area contributed by atoms with E-state index < -0.39 is 5.97 Å². The van der Waals surface area contributed by atoms with E-state index in [0.29, 0.717) is 29.9 Å². The van der Waals surface area contributed by atoms with Crippen molar-refractivity contribution in [3.63, 3.8) is 0 Å². The quantitative estimate of drug-likeness (QED) is 0.881. The van der Waals surface area contributed by atoms with Crippen LogP contribution in [-0.2, 0) is 11.3 Å².